The van der Waals surface area contributed by atoms with Crippen LogP contribution in [0.25, 0.3) is 64.6 Å². The van der Waals surface area contributed by atoms with Crippen LogP contribution < -0.4 is 10.6 Å². The van der Waals surface area contributed by atoms with Crippen LogP contribution in [0.1, 0.15) is 41.1 Å². The van der Waals surface area contributed by atoms with Crippen LogP contribution in [0.2, 0.25) is 0 Å². The Morgan fingerprint density at radius 3 is 2.33 bits per heavy atom. The molecule has 0 bridgehead atoms. The first-order valence-electron chi connectivity index (χ1n) is 17.2. The van der Waals surface area contributed by atoms with Gasteiger partial charge in [-0.1, -0.05) is 103 Å². The molecule has 1 aliphatic heterocycles. The highest BCUT2D eigenvalue weighted by atomic mass is 32.1. The molecule has 2 aliphatic rings. The summed E-state index contributed by atoms with van der Waals surface area (Å²) in [6.07, 6.45) is 6.58. The molecule has 1 aliphatic carbocycles. The molecule has 9 aromatic rings. The minimum atomic E-state index is -0.192. The normalized spacial score (nSPS) is 17.2. The van der Waals surface area contributed by atoms with E-state index in [9.17, 15) is 0 Å². The number of anilines is 1. The summed E-state index contributed by atoms with van der Waals surface area (Å²) in [4.78, 5) is 0. The van der Waals surface area contributed by atoms with E-state index in [0.29, 0.717) is 0 Å². The molecule has 5 heteroatoms. The average molecular weight is 649 g/mol. The van der Waals surface area contributed by atoms with E-state index >= 15 is 0 Å². The van der Waals surface area contributed by atoms with Crippen LogP contribution in [0, 0.1) is 0 Å². The Balaban J connectivity index is 1.26. The molecule has 0 amide bonds. The van der Waals surface area contributed by atoms with Crippen molar-refractivity contribution in [3.05, 3.63) is 162 Å². The first kappa shape index (κ1) is 27.3. The summed E-state index contributed by atoms with van der Waals surface area (Å²) in [5, 5.41) is 14.6. The Morgan fingerprint density at radius 1 is 0.653 bits per heavy atom. The standard InChI is InChI=1S/C44H32N4S/c1-3-13-27(14-4-1)41-33-19-7-10-20-36(33)45-44(46-41)48-39-26-38-34(29-17-8-11-21-37(29)47(38)28-15-5-2-6-16-28)25-35(39)31-23-24-32-30-18-9-12-22-40(30)49-43(32)42(31)48/h1-7,9-16,18-26,41,44-46H,8,17H2. The second kappa shape index (κ2) is 10.4. The maximum absolute atomic E-state index is 4.09. The lowest BCUT2D eigenvalue weighted by Gasteiger charge is -2.36. The van der Waals surface area contributed by atoms with Crippen molar-refractivity contribution >= 4 is 76.0 Å². The van der Waals surface area contributed by atoms with E-state index in [4.69, 9.17) is 0 Å². The van der Waals surface area contributed by atoms with E-state index in [2.05, 4.69) is 165 Å². The third-order valence-corrected chi connectivity index (χ3v) is 11.9. The SMILES string of the molecule is C1=Cc2c(c3cc4c5ccc6c7ccccc7sc6c5n(C5Nc6ccccc6C(c6ccccc6)N5)c4cc3n2-c2ccccc2)CC1. The van der Waals surface area contributed by atoms with Gasteiger partial charge in [0.2, 0.25) is 0 Å². The fourth-order valence-electron chi connectivity index (χ4n) is 8.53. The molecular weight excluding hydrogens is 617 g/mol. The lowest BCUT2D eigenvalue weighted by atomic mass is 9.95. The molecule has 0 saturated heterocycles. The van der Waals surface area contributed by atoms with Gasteiger partial charge in [-0.15, -0.1) is 11.3 Å². The van der Waals surface area contributed by atoms with Crippen molar-refractivity contribution in [1.29, 1.82) is 0 Å². The molecule has 0 spiro atoms. The minimum Gasteiger partial charge on any atom is -0.352 e. The van der Waals surface area contributed by atoms with Gasteiger partial charge in [0.25, 0.3) is 0 Å². The third kappa shape index (κ3) is 3.94. The Morgan fingerprint density at radius 2 is 1.43 bits per heavy atom. The van der Waals surface area contributed by atoms with Crippen LogP contribution in [0.5, 0.6) is 0 Å². The zero-order valence-electron chi connectivity index (χ0n) is 26.7. The summed E-state index contributed by atoms with van der Waals surface area (Å²) in [5.74, 6) is 0. The van der Waals surface area contributed by atoms with Crippen molar-refractivity contribution < 1.29 is 0 Å². The van der Waals surface area contributed by atoms with Crippen LogP contribution >= 0.6 is 11.3 Å². The van der Waals surface area contributed by atoms with E-state index in [-0.39, 0.29) is 12.3 Å². The lowest BCUT2D eigenvalue weighted by Crippen LogP contribution is -2.40. The summed E-state index contributed by atoms with van der Waals surface area (Å²) in [5.41, 5.74) is 11.4. The van der Waals surface area contributed by atoms with Crippen molar-refractivity contribution in [2.45, 2.75) is 25.2 Å². The molecule has 49 heavy (non-hydrogen) atoms. The number of para-hydroxylation sites is 2. The number of aryl methyl sites for hydroxylation is 1. The topological polar surface area (TPSA) is 33.9 Å². The van der Waals surface area contributed by atoms with E-state index < -0.39 is 0 Å². The molecule has 6 aromatic carbocycles. The number of nitrogens with one attached hydrogen (secondary N) is 2. The van der Waals surface area contributed by atoms with Crippen molar-refractivity contribution in [2.75, 3.05) is 5.32 Å². The number of hydrogen-bond donors (Lipinski definition) is 2. The molecular formula is C44H32N4S. The molecule has 11 rings (SSSR count). The van der Waals surface area contributed by atoms with Gasteiger partial charge in [0, 0.05) is 48.7 Å². The minimum absolute atomic E-state index is 0.0344. The highest BCUT2D eigenvalue weighted by Crippen LogP contribution is 2.46. The van der Waals surface area contributed by atoms with Crippen LogP contribution in [-0.4, -0.2) is 9.13 Å². The molecule has 0 radical (unpaired) electrons. The average Bonchev–Trinajstić information content (AvgIpc) is 3.81. The van der Waals surface area contributed by atoms with Gasteiger partial charge in [0.15, 0.2) is 6.29 Å². The molecule has 0 saturated carbocycles. The van der Waals surface area contributed by atoms with Gasteiger partial charge >= 0.3 is 0 Å². The number of aromatic nitrogens is 2. The maximum Gasteiger partial charge on any atom is 0.160 e. The van der Waals surface area contributed by atoms with E-state index in [0.717, 1.165) is 18.5 Å². The zero-order valence-corrected chi connectivity index (χ0v) is 27.5. The predicted octanol–water partition coefficient (Wildman–Crippen LogP) is 11.3. The molecule has 3 aromatic heterocycles. The summed E-state index contributed by atoms with van der Waals surface area (Å²) < 4.78 is 7.68. The Hall–Kier alpha value is -5.62. The van der Waals surface area contributed by atoms with E-state index in [1.54, 1.807) is 0 Å². The van der Waals surface area contributed by atoms with Crippen molar-refractivity contribution in [1.82, 2.24) is 14.5 Å². The fraction of sp³-hybridized carbons (Fsp3) is 0.0909. The van der Waals surface area contributed by atoms with Gasteiger partial charge in [-0.3, -0.25) is 5.32 Å². The number of nitrogens with zero attached hydrogens (tertiary/aromatic N) is 2. The summed E-state index contributed by atoms with van der Waals surface area (Å²) in [7, 11) is 0. The molecule has 0 fully saturated rings. The number of fused-ring (bicyclic) bond motifs is 11. The molecule has 2 atom stereocenters. The summed E-state index contributed by atoms with van der Waals surface area (Å²) in [6, 6.07) is 49.0. The quantitative estimate of drug-likeness (QED) is 0.200. The second-order valence-corrected chi connectivity index (χ2v) is 14.4. The predicted molar refractivity (Wildman–Crippen MR) is 207 cm³/mol. The highest BCUT2D eigenvalue weighted by molar-refractivity contribution is 7.26. The Bertz CT molecular complexity index is 2780. The van der Waals surface area contributed by atoms with Crippen LogP contribution in [0.3, 0.4) is 0 Å². The third-order valence-electron chi connectivity index (χ3n) is 10.7. The summed E-state index contributed by atoms with van der Waals surface area (Å²) in [6.45, 7) is 0. The maximum atomic E-state index is 4.09. The number of benzene rings is 6. The molecule has 4 heterocycles. The lowest BCUT2D eigenvalue weighted by molar-refractivity contribution is 0.417. The van der Waals surface area contributed by atoms with Gasteiger partial charge in [-0.25, -0.2) is 0 Å². The number of hydrogen-bond acceptors (Lipinski definition) is 3. The van der Waals surface area contributed by atoms with Gasteiger partial charge in [0.05, 0.1) is 27.3 Å². The van der Waals surface area contributed by atoms with Gasteiger partial charge in [-0.2, -0.15) is 0 Å². The largest absolute Gasteiger partial charge is 0.352 e. The first-order valence-corrected chi connectivity index (χ1v) is 18.0. The van der Waals surface area contributed by atoms with Crippen LogP contribution in [0.4, 0.5) is 5.69 Å². The number of rotatable bonds is 3. The van der Waals surface area contributed by atoms with Crippen molar-refractivity contribution in [3.8, 4) is 5.69 Å². The summed E-state index contributed by atoms with van der Waals surface area (Å²) >= 11 is 1.91. The molecule has 4 nitrogen and oxygen atoms in total. The van der Waals surface area contributed by atoms with Crippen LogP contribution in [-0.2, 0) is 6.42 Å². The monoisotopic (exact) mass is 648 g/mol. The van der Waals surface area contributed by atoms with Gasteiger partial charge < -0.3 is 14.5 Å². The second-order valence-electron chi connectivity index (χ2n) is 13.3. The molecule has 234 valence electrons. The van der Waals surface area contributed by atoms with Gasteiger partial charge in [0.1, 0.15) is 0 Å². The van der Waals surface area contributed by atoms with Gasteiger partial charge in [-0.05, 0) is 72.0 Å². The van der Waals surface area contributed by atoms with Crippen LogP contribution in [0.15, 0.2) is 140 Å². The highest BCUT2D eigenvalue weighted by Gasteiger charge is 2.31. The molecule has 2 N–H and O–H groups in total. The van der Waals surface area contributed by atoms with Crippen molar-refractivity contribution in [3.63, 3.8) is 0 Å². The smallest absolute Gasteiger partial charge is 0.160 e. The molecule has 2 unspecified atom stereocenters. The van der Waals surface area contributed by atoms with Crippen molar-refractivity contribution in [2.24, 2.45) is 0 Å². The first-order chi connectivity index (χ1) is 24.3. The fourth-order valence-corrected chi connectivity index (χ4v) is 9.78. The zero-order chi connectivity index (χ0) is 32.1. The van der Waals surface area contributed by atoms with E-state index in [1.807, 2.05) is 11.3 Å². The van der Waals surface area contributed by atoms with E-state index in [1.165, 1.54) is 81.0 Å². The Kier molecular flexibility index (Phi) is 5.82. The number of thiophene rings is 1. The number of allylic oxidation sites excluding steroid dienone is 1. The Labute approximate surface area is 287 Å².